The molecule has 2 aromatic carbocycles. The number of methoxy groups -OCH3 is 1. The number of carbonyl (C=O) groups is 1. The average Bonchev–Trinajstić information content (AvgIpc) is 3.19. The van der Waals surface area contributed by atoms with E-state index in [0.29, 0.717) is 25.5 Å². The number of carbonyl (C=O) groups excluding carboxylic acids is 1. The lowest BCUT2D eigenvalue weighted by Crippen LogP contribution is -2.24. The molecule has 1 aliphatic rings. The Morgan fingerprint density at radius 1 is 1.06 bits per heavy atom. The third-order valence-corrected chi connectivity index (χ3v) is 5.40. The summed E-state index contributed by atoms with van der Waals surface area (Å²) in [6, 6.07) is 13.8. The van der Waals surface area contributed by atoms with Crippen LogP contribution in [0.3, 0.4) is 0 Å². The van der Waals surface area contributed by atoms with Gasteiger partial charge in [-0.2, -0.15) is 5.10 Å². The summed E-state index contributed by atoms with van der Waals surface area (Å²) >= 11 is 0. The standard InChI is InChI=1S/C24H26FN3O3/c1-30-14-15-31-20-12-6-17(7-13-20)16-26-24(29)23-21-4-2-3-5-22(21)28(27-23)19-10-8-18(25)9-11-19/h6-13H,2-5,14-16H2,1H3,(H,26,29). The molecule has 1 N–H and O–H groups in total. The van der Waals surface area contributed by atoms with E-state index in [1.807, 2.05) is 24.3 Å². The molecule has 3 aromatic rings. The van der Waals surface area contributed by atoms with Gasteiger partial charge in [-0.3, -0.25) is 4.79 Å². The van der Waals surface area contributed by atoms with Crippen molar-refractivity contribution in [2.45, 2.75) is 32.2 Å². The van der Waals surface area contributed by atoms with Crippen LogP contribution in [0.25, 0.3) is 5.69 Å². The van der Waals surface area contributed by atoms with E-state index in [0.717, 1.165) is 53.9 Å². The van der Waals surface area contributed by atoms with Crippen LogP contribution in [0, 0.1) is 5.82 Å². The number of amides is 1. The number of aromatic nitrogens is 2. The van der Waals surface area contributed by atoms with Gasteiger partial charge >= 0.3 is 0 Å². The Kier molecular flexibility index (Phi) is 6.62. The summed E-state index contributed by atoms with van der Waals surface area (Å²) in [4.78, 5) is 12.9. The maximum Gasteiger partial charge on any atom is 0.272 e. The number of benzene rings is 2. The van der Waals surface area contributed by atoms with E-state index >= 15 is 0 Å². The molecule has 0 atom stereocenters. The zero-order valence-corrected chi connectivity index (χ0v) is 17.6. The van der Waals surface area contributed by atoms with Crippen LogP contribution in [0.5, 0.6) is 5.75 Å². The van der Waals surface area contributed by atoms with E-state index in [9.17, 15) is 9.18 Å². The third kappa shape index (κ3) is 4.94. The van der Waals surface area contributed by atoms with E-state index in [1.54, 1.807) is 23.9 Å². The molecule has 0 saturated carbocycles. The van der Waals surface area contributed by atoms with Gasteiger partial charge in [0.15, 0.2) is 5.69 Å². The molecule has 0 aliphatic heterocycles. The quantitative estimate of drug-likeness (QED) is 0.559. The summed E-state index contributed by atoms with van der Waals surface area (Å²) in [5.41, 5.74) is 4.23. The fraction of sp³-hybridized carbons (Fsp3) is 0.333. The lowest BCUT2D eigenvalue weighted by Gasteiger charge is -2.14. The topological polar surface area (TPSA) is 65.4 Å². The van der Waals surface area contributed by atoms with Gasteiger partial charge in [0.25, 0.3) is 5.91 Å². The van der Waals surface area contributed by atoms with Crippen LogP contribution in [-0.4, -0.2) is 36.0 Å². The van der Waals surface area contributed by atoms with Crippen LogP contribution in [0.4, 0.5) is 4.39 Å². The molecule has 0 radical (unpaired) electrons. The summed E-state index contributed by atoms with van der Waals surface area (Å²) in [7, 11) is 1.63. The first-order valence-electron chi connectivity index (χ1n) is 10.5. The van der Waals surface area contributed by atoms with Gasteiger partial charge < -0.3 is 14.8 Å². The highest BCUT2D eigenvalue weighted by atomic mass is 19.1. The molecule has 1 aliphatic carbocycles. The highest BCUT2D eigenvalue weighted by Crippen LogP contribution is 2.27. The molecule has 31 heavy (non-hydrogen) atoms. The highest BCUT2D eigenvalue weighted by Gasteiger charge is 2.25. The monoisotopic (exact) mass is 423 g/mol. The average molecular weight is 423 g/mol. The minimum Gasteiger partial charge on any atom is -0.491 e. The minimum absolute atomic E-state index is 0.195. The maximum atomic E-state index is 13.3. The fourth-order valence-corrected chi connectivity index (χ4v) is 3.79. The Morgan fingerprint density at radius 3 is 2.55 bits per heavy atom. The fourth-order valence-electron chi connectivity index (χ4n) is 3.79. The molecule has 0 saturated heterocycles. The number of hydrogen-bond donors (Lipinski definition) is 1. The van der Waals surface area contributed by atoms with Crippen LogP contribution in [0.2, 0.25) is 0 Å². The summed E-state index contributed by atoms with van der Waals surface area (Å²) in [6.07, 6.45) is 3.77. The predicted molar refractivity (Wildman–Crippen MR) is 115 cm³/mol. The Bertz CT molecular complexity index is 1030. The van der Waals surface area contributed by atoms with Crippen molar-refractivity contribution in [3.8, 4) is 11.4 Å². The zero-order valence-electron chi connectivity index (χ0n) is 17.6. The summed E-state index contributed by atoms with van der Waals surface area (Å²) in [5.74, 6) is 0.275. The summed E-state index contributed by atoms with van der Waals surface area (Å²) < 4.78 is 25.7. The lowest BCUT2D eigenvalue weighted by molar-refractivity contribution is 0.0944. The minimum atomic E-state index is -0.294. The van der Waals surface area contributed by atoms with Crippen molar-refractivity contribution in [1.82, 2.24) is 15.1 Å². The number of rotatable bonds is 8. The molecule has 0 unspecified atom stereocenters. The first-order valence-corrected chi connectivity index (χ1v) is 10.5. The first kappa shape index (κ1) is 21.1. The molecule has 7 heteroatoms. The van der Waals surface area contributed by atoms with Crippen molar-refractivity contribution in [1.29, 1.82) is 0 Å². The molecule has 1 heterocycles. The van der Waals surface area contributed by atoms with E-state index in [4.69, 9.17) is 9.47 Å². The molecule has 0 bridgehead atoms. The Hall–Kier alpha value is -3.19. The second kappa shape index (κ2) is 9.75. The number of nitrogens with one attached hydrogen (secondary N) is 1. The number of nitrogens with zero attached hydrogens (tertiary/aromatic N) is 2. The van der Waals surface area contributed by atoms with E-state index in [-0.39, 0.29) is 11.7 Å². The molecule has 0 spiro atoms. The van der Waals surface area contributed by atoms with Crippen molar-refractivity contribution < 1.29 is 18.7 Å². The Morgan fingerprint density at radius 2 is 1.81 bits per heavy atom. The molecule has 162 valence electrons. The second-order valence-corrected chi connectivity index (χ2v) is 7.54. The zero-order chi connectivity index (χ0) is 21.6. The van der Waals surface area contributed by atoms with Gasteiger partial charge in [0.2, 0.25) is 0 Å². The highest BCUT2D eigenvalue weighted by molar-refractivity contribution is 5.94. The lowest BCUT2D eigenvalue weighted by atomic mass is 9.95. The molecule has 0 fully saturated rings. The van der Waals surface area contributed by atoms with Crippen LogP contribution in [-0.2, 0) is 24.1 Å². The van der Waals surface area contributed by atoms with Crippen molar-refractivity contribution >= 4 is 5.91 Å². The third-order valence-electron chi connectivity index (χ3n) is 5.40. The normalized spacial score (nSPS) is 13.0. The van der Waals surface area contributed by atoms with Crippen molar-refractivity contribution in [3.05, 3.63) is 76.9 Å². The molecular weight excluding hydrogens is 397 g/mol. The van der Waals surface area contributed by atoms with Gasteiger partial charge in [0.05, 0.1) is 12.3 Å². The van der Waals surface area contributed by atoms with Gasteiger partial charge in [-0.05, 0) is 67.6 Å². The van der Waals surface area contributed by atoms with Crippen LogP contribution in [0.15, 0.2) is 48.5 Å². The van der Waals surface area contributed by atoms with E-state index < -0.39 is 0 Å². The Balaban J connectivity index is 1.46. The van der Waals surface area contributed by atoms with Gasteiger partial charge in [0.1, 0.15) is 18.2 Å². The van der Waals surface area contributed by atoms with Crippen LogP contribution in [0.1, 0.15) is 40.2 Å². The summed E-state index contributed by atoms with van der Waals surface area (Å²) in [6.45, 7) is 1.43. The van der Waals surface area contributed by atoms with E-state index in [2.05, 4.69) is 10.4 Å². The van der Waals surface area contributed by atoms with Crippen molar-refractivity contribution in [3.63, 3.8) is 0 Å². The SMILES string of the molecule is COCCOc1ccc(CNC(=O)c2nn(-c3ccc(F)cc3)c3c2CCCC3)cc1. The van der Waals surface area contributed by atoms with E-state index in [1.165, 1.54) is 12.1 Å². The van der Waals surface area contributed by atoms with Gasteiger partial charge in [-0.25, -0.2) is 9.07 Å². The Labute approximate surface area is 181 Å². The summed E-state index contributed by atoms with van der Waals surface area (Å²) in [5, 5.41) is 7.59. The largest absolute Gasteiger partial charge is 0.491 e. The van der Waals surface area contributed by atoms with Crippen molar-refractivity contribution in [2.75, 3.05) is 20.3 Å². The second-order valence-electron chi connectivity index (χ2n) is 7.54. The predicted octanol–water partition coefficient (Wildman–Crippen LogP) is 3.85. The van der Waals surface area contributed by atoms with Crippen LogP contribution >= 0.6 is 0 Å². The van der Waals surface area contributed by atoms with Crippen molar-refractivity contribution in [2.24, 2.45) is 0 Å². The molecule has 4 rings (SSSR count). The smallest absolute Gasteiger partial charge is 0.272 e. The number of hydrogen-bond acceptors (Lipinski definition) is 4. The maximum absolute atomic E-state index is 13.3. The number of fused-ring (bicyclic) bond motifs is 1. The molecule has 1 amide bonds. The number of halogens is 1. The first-order chi connectivity index (χ1) is 15.2. The molecular formula is C24H26FN3O3. The van der Waals surface area contributed by atoms with Crippen LogP contribution < -0.4 is 10.1 Å². The van der Waals surface area contributed by atoms with Gasteiger partial charge in [-0.15, -0.1) is 0 Å². The molecule has 1 aromatic heterocycles. The number of ether oxygens (including phenoxy) is 2. The van der Waals surface area contributed by atoms with Gasteiger partial charge in [-0.1, -0.05) is 12.1 Å². The molecule has 6 nitrogen and oxygen atoms in total. The van der Waals surface area contributed by atoms with Gasteiger partial charge in [0, 0.05) is 24.9 Å².